The molecule has 0 atom stereocenters. The number of hydrogen-bond donors (Lipinski definition) is 1. The number of nitrogens with one attached hydrogen (secondary N) is 1. The first kappa shape index (κ1) is 18.5. The summed E-state index contributed by atoms with van der Waals surface area (Å²) in [5, 5.41) is 3.42. The van der Waals surface area contributed by atoms with Gasteiger partial charge in [-0.1, -0.05) is 30.3 Å². The Hall–Kier alpha value is -3.27. The molecule has 1 saturated carbocycles. The van der Waals surface area contributed by atoms with Crippen molar-refractivity contribution in [2.75, 3.05) is 18.7 Å². The van der Waals surface area contributed by atoms with Gasteiger partial charge in [0.25, 0.3) is 0 Å². The van der Waals surface area contributed by atoms with E-state index in [0.717, 1.165) is 48.4 Å². The molecular weight excluding hydrogens is 386 g/mol. The second-order valence-electron chi connectivity index (χ2n) is 8.95. The number of fused-ring (bicyclic) bond motifs is 2. The molecule has 4 nitrogen and oxygen atoms in total. The highest BCUT2D eigenvalue weighted by Crippen LogP contribution is 2.51. The number of benzene rings is 3. The Balaban J connectivity index is 1.27. The van der Waals surface area contributed by atoms with Gasteiger partial charge in [-0.05, 0) is 83.8 Å². The summed E-state index contributed by atoms with van der Waals surface area (Å²) in [4.78, 5) is 13.4. The van der Waals surface area contributed by atoms with E-state index in [1.807, 2.05) is 18.2 Å². The summed E-state index contributed by atoms with van der Waals surface area (Å²) in [5.74, 6) is 1.80. The van der Waals surface area contributed by atoms with Crippen LogP contribution in [-0.2, 0) is 23.1 Å². The molecule has 0 saturated heterocycles. The molecule has 1 aliphatic carbocycles. The summed E-state index contributed by atoms with van der Waals surface area (Å²) >= 11 is 0. The fourth-order valence-electron chi connectivity index (χ4n) is 4.96. The molecule has 1 N–H and O–H groups in total. The number of hydrogen-bond acceptors (Lipinski definition) is 4. The normalized spacial score (nSPS) is 17.2. The highest BCUT2D eigenvalue weighted by molar-refractivity contribution is 5.95. The molecule has 2 aliphatic heterocycles. The van der Waals surface area contributed by atoms with E-state index in [2.05, 4.69) is 48.6 Å². The second kappa shape index (κ2) is 6.88. The smallest absolute Gasteiger partial charge is 0.231 e. The minimum atomic E-state index is -0.370. The molecule has 0 aromatic heterocycles. The van der Waals surface area contributed by atoms with Gasteiger partial charge in [0.15, 0.2) is 11.5 Å². The van der Waals surface area contributed by atoms with Gasteiger partial charge in [0.2, 0.25) is 6.79 Å². The zero-order chi connectivity index (χ0) is 21.0. The Morgan fingerprint density at radius 1 is 1.00 bits per heavy atom. The maximum Gasteiger partial charge on any atom is 0.231 e. The Kier molecular flexibility index (Phi) is 4.10. The van der Waals surface area contributed by atoms with E-state index < -0.39 is 0 Å². The summed E-state index contributed by atoms with van der Waals surface area (Å²) < 4.78 is 11.0. The predicted molar refractivity (Wildman–Crippen MR) is 121 cm³/mol. The van der Waals surface area contributed by atoms with Crippen molar-refractivity contribution in [3.63, 3.8) is 0 Å². The quantitative estimate of drug-likeness (QED) is 0.627. The molecule has 3 aromatic rings. The van der Waals surface area contributed by atoms with Crippen molar-refractivity contribution in [3.8, 4) is 22.6 Å². The van der Waals surface area contributed by atoms with E-state index in [1.165, 1.54) is 27.9 Å². The van der Waals surface area contributed by atoms with Crippen molar-refractivity contribution >= 4 is 11.5 Å². The lowest BCUT2D eigenvalue weighted by atomic mass is 9.86. The monoisotopic (exact) mass is 411 g/mol. The Morgan fingerprint density at radius 2 is 1.87 bits per heavy atom. The molecule has 3 aromatic carbocycles. The Morgan fingerprint density at radius 3 is 2.74 bits per heavy atom. The van der Waals surface area contributed by atoms with E-state index in [-0.39, 0.29) is 12.2 Å². The number of anilines is 1. The first-order chi connectivity index (χ1) is 15.1. The van der Waals surface area contributed by atoms with Crippen LogP contribution in [0.1, 0.15) is 35.1 Å². The standard InChI is InChI=1S/C27H25NO3/c1-17-2-3-18(12-22(17)19-4-6-23-20(14-19)8-11-28-23)13-26(29)27(9-10-27)21-5-7-24-25(15-21)31-16-30-24/h2-7,12,14-15,28H,8-11,13,16H2,1H3. The largest absolute Gasteiger partial charge is 0.454 e. The number of Topliss-reactive ketones (excluding diaryl/α,β-unsaturated/α-hetero) is 1. The van der Waals surface area contributed by atoms with Gasteiger partial charge in [-0.15, -0.1) is 0 Å². The van der Waals surface area contributed by atoms with Crippen LogP contribution in [0.4, 0.5) is 5.69 Å². The third-order valence-electron chi connectivity index (χ3n) is 7.00. The van der Waals surface area contributed by atoms with Crippen LogP contribution >= 0.6 is 0 Å². The van der Waals surface area contributed by atoms with E-state index >= 15 is 0 Å². The highest BCUT2D eigenvalue weighted by Gasteiger charge is 2.50. The van der Waals surface area contributed by atoms with Crippen molar-refractivity contribution in [1.29, 1.82) is 0 Å². The van der Waals surface area contributed by atoms with Crippen LogP contribution in [0.5, 0.6) is 11.5 Å². The molecule has 0 spiro atoms. The lowest BCUT2D eigenvalue weighted by molar-refractivity contribution is -0.120. The van der Waals surface area contributed by atoms with Gasteiger partial charge in [-0.25, -0.2) is 0 Å². The summed E-state index contributed by atoms with van der Waals surface area (Å²) in [7, 11) is 0. The minimum absolute atomic E-state index is 0.255. The van der Waals surface area contributed by atoms with Gasteiger partial charge in [0, 0.05) is 18.7 Å². The van der Waals surface area contributed by atoms with Gasteiger partial charge in [0.1, 0.15) is 5.78 Å². The van der Waals surface area contributed by atoms with Crippen LogP contribution < -0.4 is 14.8 Å². The summed E-state index contributed by atoms with van der Waals surface area (Å²) in [6.07, 6.45) is 3.33. The second-order valence-corrected chi connectivity index (χ2v) is 8.95. The molecule has 31 heavy (non-hydrogen) atoms. The molecular formula is C27H25NO3. The van der Waals surface area contributed by atoms with Crippen molar-refractivity contribution in [2.45, 2.75) is 38.0 Å². The Bertz CT molecular complexity index is 1210. The van der Waals surface area contributed by atoms with Crippen molar-refractivity contribution < 1.29 is 14.3 Å². The molecule has 0 unspecified atom stereocenters. The molecule has 3 aliphatic rings. The van der Waals surface area contributed by atoms with Crippen molar-refractivity contribution in [2.24, 2.45) is 0 Å². The zero-order valence-electron chi connectivity index (χ0n) is 17.7. The average molecular weight is 412 g/mol. The van der Waals surface area contributed by atoms with Crippen molar-refractivity contribution in [1.82, 2.24) is 0 Å². The third-order valence-corrected chi connectivity index (χ3v) is 7.00. The first-order valence-electron chi connectivity index (χ1n) is 11.0. The number of rotatable bonds is 5. The zero-order valence-corrected chi connectivity index (χ0v) is 17.7. The fourth-order valence-corrected chi connectivity index (χ4v) is 4.96. The number of carbonyl (C=O) groups excluding carboxylic acids is 1. The van der Waals surface area contributed by atoms with Gasteiger partial charge >= 0.3 is 0 Å². The van der Waals surface area contributed by atoms with Crippen LogP contribution in [0.3, 0.4) is 0 Å². The number of ether oxygens (including phenoxy) is 2. The van der Waals surface area contributed by atoms with Crippen LogP contribution in [0, 0.1) is 6.92 Å². The topological polar surface area (TPSA) is 47.6 Å². The van der Waals surface area contributed by atoms with Crippen LogP contribution in [0.2, 0.25) is 0 Å². The molecule has 0 amide bonds. The van der Waals surface area contributed by atoms with Crippen LogP contribution in [-0.4, -0.2) is 19.1 Å². The van der Waals surface area contributed by atoms with Gasteiger partial charge in [0.05, 0.1) is 5.41 Å². The molecule has 0 bridgehead atoms. The lowest BCUT2D eigenvalue weighted by Gasteiger charge is -2.16. The fraction of sp³-hybridized carbons (Fsp3) is 0.296. The maximum absolute atomic E-state index is 13.4. The van der Waals surface area contributed by atoms with Gasteiger partial charge < -0.3 is 14.8 Å². The summed E-state index contributed by atoms with van der Waals surface area (Å²) in [5.41, 5.74) is 8.06. The highest BCUT2D eigenvalue weighted by atomic mass is 16.7. The van der Waals surface area contributed by atoms with E-state index in [4.69, 9.17) is 9.47 Å². The third kappa shape index (κ3) is 3.09. The molecule has 6 rings (SSSR count). The average Bonchev–Trinajstić information content (AvgIpc) is 3.24. The molecule has 156 valence electrons. The minimum Gasteiger partial charge on any atom is -0.454 e. The number of carbonyl (C=O) groups is 1. The molecule has 0 radical (unpaired) electrons. The van der Waals surface area contributed by atoms with Crippen LogP contribution in [0.15, 0.2) is 54.6 Å². The first-order valence-corrected chi connectivity index (χ1v) is 11.0. The summed E-state index contributed by atoms with van der Waals surface area (Å²) in [6.45, 7) is 3.40. The van der Waals surface area contributed by atoms with E-state index in [0.29, 0.717) is 12.2 Å². The van der Waals surface area contributed by atoms with Crippen LogP contribution in [0.25, 0.3) is 11.1 Å². The maximum atomic E-state index is 13.4. The van der Waals surface area contributed by atoms with Gasteiger partial charge in [-0.3, -0.25) is 4.79 Å². The predicted octanol–water partition coefficient (Wildman–Crippen LogP) is 5.20. The summed E-state index contributed by atoms with van der Waals surface area (Å²) in [6, 6.07) is 19.0. The Labute approximate surface area is 182 Å². The number of ketones is 1. The van der Waals surface area contributed by atoms with Gasteiger partial charge in [-0.2, -0.15) is 0 Å². The lowest BCUT2D eigenvalue weighted by Crippen LogP contribution is -2.22. The van der Waals surface area contributed by atoms with E-state index in [9.17, 15) is 4.79 Å². The molecule has 2 heterocycles. The molecule has 4 heteroatoms. The SMILES string of the molecule is Cc1ccc(CC(=O)C2(c3ccc4c(c3)OCO4)CC2)cc1-c1ccc2c(c1)CCN2. The molecule has 1 fully saturated rings. The van der Waals surface area contributed by atoms with Crippen molar-refractivity contribution in [3.05, 3.63) is 76.9 Å². The van der Waals surface area contributed by atoms with E-state index in [1.54, 1.807) is 0 Å². The number of aryl methyl sites for hydroxylation is 1.